The largest absolute Gasteiger partial charge is 0.493 e. The van der Waals surface area contributed by atoms with Crippen LogP contribution in [0.2, 0.25) is 15.1 Å². The van der Waals surface area contributed by atoms with Gasteiger partial charge in [0.05, 0.1) is 56.2 Å². The van der Waals surface area contributed by atoms with Gasteiger partial charge in [-0.15, -0.1) is 12.4 Å². The van der Waals surface area contributed by atoms with E-state index in [1.54, 1.807) is 48.2 Å². The molecule has 306 valence electrons. The van der Waals surface area contributed by atoms with E-state index in [4.69, 9.17) is 54.0 Å². The Morgan fingerprint density at radius 3 is 2.02 bits per heavy atom. The van der Waals surface area contributed by atoms with Crippen molar-refractivity contribution < 1.29 is 37.0 Å². The Balaban J connectivity index is 0.00000549. The number of aliphatic imine (C=N–C) groups is 1. The van der Waals surface area contributed by atoms with E-state index >= 15 is 4.79 Å². The minimum Gasteiger partial charge on any atom is -0.493 e. The number of benzene rings is 3. The zero-order valence-corrected chi connectivity index (χ0v) is 34.9. The van der Waals surface area contributed by atoms with E-state index in [1.807, 2.05) is 12.1 Å². The molecule has 0 unspecified atom stereocenters. The van der Waals surface area contributed by atoms with Crippen LogP contribution in [0, 0.1) is 0 Å². The summed E-state index contributed by atoms with van der Waals surface area (Å²) in [6.07, 6.45) is 0. The molecule has 0 aliphatic carbocycles. The van der Waals surface area contributed by atoms with E-state index in [0.29, 0.717) is 41.9 Å². The monoisotopic (exact) mass is 882 g/mol. The fourth-order valence-corrected chi connectivity index (χ4v) is 9.41. The first kappa shape index (κ1) is 42.9. The Morgan fingerprint density at radius 1 is 0.825 bits per heavy atom. The van der Waals surface area contributed by atoms with E-state index in [9.17, 15) is 18.0 Å². The van der Waals surface area contributed by atoms with Gasteiger partial charge in [-0.1, -0.05) is 59.1 Å². The zero-order valence-electron chi connectivity index (χ0n) is 31.0. The summed E-state index contributed by atoms with van der Waals surface area (Å²) < 4.78 is 46.3. The number of amidine groups is 1. The standard InChI is InChI=1S/C38H41Cl3N6O8S.ClH/c1-2-55-31-22-30(41)32(56(51,52)46-15-19-54-20-16-46)21-29(31)37-42-35(25-3-7-27(39)8-4-25)36(26-5-9-28(40)10-6-26)47(37)38(50)45-12-11-44(34(49)24-45)23-33(48)43-13-17-53-18-14-43;/h3-10,21-22,35-36H,2,11-20,23-24H2,1H3;1H/t35-,36+;/m0./s1. The van der Waals surface area contributed by atoms with Gasteiger partial charge < -0.3 is 28.9 Å². The van der Waals surface area contributed by atoms with E-state index in [0.717, 1.165) is 5.56 Å². The second kappa shape index (κ2) is 18.5. The van der Waals surface area contributed by atoms with Crippen molar-refractivity contribution in [2.45, 2.75) is 23.9 Å². The van der Waals surface area contributed by atoms with Gasteiger partial charge in [0.2, 0.25) is 21.8 Å². The van der Waals surface area contributed by atoms with Gasteiger partial charge in [-0.25, -0.2) is 13.2 Å². The Hall–Kier alpha value is -3.67. The maximum Gasteiger partial charge on any atom is 0.326 e. The molecule has 19 heteroatoms. The lowest BCUT2D eigenvalue weighted by Gasteiger charge is -2.39. The lowest BCUT2D eigenvalue weighted by atomic mass is 9.93. The van der Waals surface area contributed by atoms with E-state index in [1.165, 1.54) is 31.1 Å². The first-order valence-electron chi connectivity index (χ1n) is 18.3. The first-order valence-corrected chi connectivity index (χ1v) is 20.9. The van der Waals surface area contributed by atoms with Crippen LogP contribution in [0.25, 0.3) is 0 Å². The van der Waals surface area contributed by atoms with Crippen LogP contribution in [0.3, 0.4) is 0 Å². The molecule has 0 radical (unpaired) electrons. The van der Waals surface area contributed by atoms with E-state index in [-0.39, 0.29) is 110 Å². The number of carbonyl (C=O) groups excluding carboxylic acids is 3. The summed E-state index contributed by atoms with van der Waals surface area (Å²) in [5, 5.41) is 0.929. The molecule has 3 aromatic carbocycles. The number of piperazine rings is 1. The van der Waals surface area contributed by atoms with E-state index in [2.05, 4.69) is 0 Å². The molecule has 0 aromatic heterocycles. The highest BCUT2D eigenvalue weighted by Gasteiger charge is 2.46. The highest BCUT2D eigenvalue weighted by molar-refractivity contribution is 7.89. The van der Waals surface area contributed by atoms with Crippen LogP contribution >= 0.6 is 47.2 Å². The van der Waals surface area contributed by atoms with Gasteiger partial charge in [0.15, 0.2) is 0 Å². The number of carbonyl (C=O) groups is 3. The molecule has 3 saturated heterocycles. The van der Waals surface area contributed by atoms with Crippen molar-refractivity contribution in [2.24, 2.45) is 4.99 Å². The molecule has 3 fully saturated rings. The Labute approximate surface area is 352 Å². The van der Waals surface area contributed by atoms with Gasteiger partial charge in [-0.2, -0.15) is 4.31 Å². The summed E-state index contributed by atoms with van der Waals surface area (Å²) in [6, 6.07) is 14.9. The summed E-state index contributed by atoms with van der Waals surface area (Å²) in [5.41, 5.74) is 1.61. The molecule has 14 nitrogen and oxygen atoms in total. The van der Waals surface area contributed by atoms with Gasteiger partial charge in [0, 0.05) is 55.4 Å². The molecule has 0 saturated carbocycles. The van der Waals surface area contributed by atoms with Gasteiger partial charge in [0.25, 0.3) is 0 Å². The molecule has 0 bridgehead atoms. The molecule has 3 aromatic rings. The van der Waals surface area contributed by atoms with Gasteiger partial charge in [0.1, 0.15) is 29.1 Å². The highest BCUT2D eigenvalue weighted by atomic mass is 35.5. The van der Waals surface area contributed by atoms with Crippen molar-refractivity contribution in [3.63, 3.8) is 0 Å². The van der Waals surface area contributed by atoms with Crippen molar-refractivity contribution in [3.8, 4) is 5.75 Å². The molecule has 0 N–H and O–H groups in total. The van der Waals surface area contributed by atoms with Crippen LogP contribution < -0.4 is 4.74 Å². The summed E-state index contributed by atoms with van der Waals surface area (Å²) >= 11 is 19.4. The molecular formula is C38H42Cl4N6O8S. The fraction of sp³-hybridized carbons (Fsp3) is 0.421. The lowest BCUT2D eigenvalue weighted by molar-refractivity contribution is -0.145. The number of hydrogen-bond donors (Lipinski definition) is 0. The maximum atomic E-state index is 15.1. The zero-order chi connectivity index (χ0) is 39.6. The third-order valence-electron chi connectivity index (χ3n) is 10.1. The summed E-state index contributed by atoms with van der Waals surface area (Å²) in [6.45, 7) is 4.34. The quantitative estimate of drug-likeness (QED) is 0.287. The number of amides is 4. The van der Waals surface area contributed by atoms with Crippen molar-refractivity contribution in [3.05, 3.63) is 92.4 Å². The van der Waals surface area contributed by atoms with Gasteiger partial charge in [-0.3, -0.25) is 19.5 Å². The fourth-order valence-electron chi connectivity index (χ4n) is 7.23. The van der Waals surface area contributed by atoms with Crippen LogP contribution in [-0.4, -0.2) is 141 Å². The normalized spacial score (nSPS) is 20.6. The molecule has 7 rings (SSSR count). The Morgan fingerprint density at radius 2 is 1.42 bits per heavy atom. The molecule has 4 aliphatic heterocycles. The van der Waals surface area contributed by atoms with Crippen LogP contribution in [-0.2, 0) is 29.1 Å². The molecule has 2 atom stereocenters. The average molecular weight is 885 g/mol. The second-order valence-corrected chi connectivity index (χ2v) is 16.7. The third kappa shape index (κ3) is 9.15. The maximum absolute atomic E-state index is 15.1. The third-order valence-corrected chi connectivity index (χ3v) is 13.0. The summed E-state index contributed by atoms with van der Waals surface area (Å²) in [5.74, 6) is -0.241. The molecule has 0 spiro atoms. The predicted octanol–water partition coefficient (Wildman–Crippen LogP) is 5.16. The molecule has 4 heterocycles. The molecular weight excluding hydrogens is 842 g/mol. The number of rotatable bonds is 9. The number of ether oxygens (including phenoxy) is 3. The number of morpholine rings is 2. The average Bonchev–Trinajstić information content (AvgIpc) is 3.60. The van der Waals surface area contributed by atoms with Crippen LogP contribution in [0.5, 0.6) is 5.75 Å². The molecule has 4 amide bonds. The van der Waals surface area contributed by atoms with Gasteiger partial charge >= 0.3 is 6.03 Å². The minimum absolute atomic E-state index is 0. The topological polar surface area (TPSA) is 142 Å². The number of urea groups is 1. The highest BCUT2D eigenvalue weighted by Crippen LogP contribution is 2.46. The summed E-state index contributed by atoms with van der Waals surface area (Å²) in [4.78, 5) is 52.8. The van der Waals surface area contributed by atoms with Crippen molar-refractivity contribution in [1.29, 1.82) is 0 Å². The molecule has 4 aliphatic rings. The number of hydrogen-bond acceptors (Lipinski definition) is 9. The Bertz CT molecular complexity index is 2100. The summed E-state index contributed by atoms with van der Waals surface area (Å²) in [7, 11) is -4.13. The predicted molar refractivity (Wildman–Crippen MR) is 217 cm³/mol. The van der Waals surface area contributed by atoms with Crippen LogP contribution in [0.15, 0.2) is 70.6 Å². The smallest absolute Gasteiger partial charge is 0.326 e. The minimum atomic E-state index is -4.13. The van der Waals surface area contributed by atoms with Crippen molar-refractivity contribution in [2.75, 3.05) is 85.4 Å². The van der Waals surface area contributed by atoms with Crippen LogP contribution in [0.1, 0.15) is 35.7 Å². The first-order chi connectivity index (χ1) is 27.0. The van der Waals surface area contributed by atoms with Crippen LogP contribution in [0.4, 0.5) is 4.79 Å². The SMILES string of the molecule is CCOc1cc(Cl)c(S(=O)(=O)N2CCOCC2)cc1C1=N[C@@H](c2ccc(Cl)cc2)[C@@H](c2ccc(Cl)cc2)N1C(=O)N1CCN(CC(=O)N2CCOCC2)C(=O)C1.Cl. The molecule has 57 heavy (non-hydrogen) atoms. The van der Waals surface area contributed by atoms with Crippen molar-refractivity contribution in [1.82, 2.24) is 23.9 Å². The number of halogens is 4. The number of sulfonamides is 1. The van der Waals surface area contributed by atoms with E-state index < -0.39 is 28.1 Å². The number of nitrogens with zero attached hydrogens (tertiary/aromatic N) is 6. The lowest BCUT2D eigenvalue weighted by Crippen LogP contribution is -2.58. The second-order valence-electron chi connectivity index (χ2n) is 13.6. The Kier molecular flexibility index (Phi) is 13.9. The van der Waals surface area contributed by atoms with Gasteiger partial charge in [-0.05, 0) is 48.4 Å². The van der Waals surface area contributed by atoms with Crippen molar-refractivity contribution >= 4 is 80.9 Å².